The summed E-state index contributed by atoms with van der Waals surface area (Å²) < 4.78 is 24.0. The lowest BCUT2D eigenvalue weighted by Crippen LogP contribution is -2.07. The zero-order valence-electron chi connectivity index (χ0n) is 8.84. The predicted molar refractivity (Wildman–Crippen MR) is 61.6 cm³/mol. The molecule has 0 spiro atoms. The Morgan fingerprint density at radius 1 is 1.20 bits per heavy atom. The van der Waals surface area contributed by atoms with Gasteiger partial charge in [-0.1, -0.05) is 25.6 Å². The molecule has 4 heteroatoms. The first-order valence-corrected chi connectivity index (χ1v) is 5.74. The Balaban J connectivity index is 2.49. The highest BCUT2D eigenvalue weighted by atomic mass is 32.2. The fraction of sp³-hybridized carbons (Fsp3) is 0.455. The second-order valence-corrected chi connectivity index (χ2v) is 4.74. The fourth-order valence-corrected chi connectivity index (χ4v) is 1.58. The van der Waals surface area contributed by atoms with E-state index >= 15 is 0 Å². The Morgan fingerprint density at radius 3 is 2.27 bits per heavy atom. The Hall–Kier alpha value is -0.770. The molecule has 0 amide bonds. The molecule has 0 unspecified atom stereocenters. The van der Waals surface area contributed by atoms with E-state index in [1.165, 1.54) is 0 Å². The van der Waals surface area contributed by atoms with Crippen LogP contribution in [0.25, 0.3) is 0 Å². The van der Waals surface area contributed by atoms with Crippen molar-refractivity contribution in [2.45, 2.75) is 24.5 Å². The van der Waals surface area contributed by atoms with Crippen molar-refractivity contribution in [2.75, 3.05) is 11.9 Å². The molecule has 15 heavy (non-hydrogen) atoms. The van der Waals surface area contributed by atoms with E-state index in [-0.39, 0.29) is 0 Å². The van der Waals surface area contributed by atoms with Crippen LogP contribution in [0, 0.1) is 5.92 Å². The molecule has 0 saturated carbocycles. The minimum Gasteiger partial charge on any atom is -0.385 e. The fourth-order valence-electron chi connectivity index (χ4n) is 1.08. The average molecular weight is 231 g/mol. The smallest absolute Gasteiger partial charge is 0.288 e. The van der Waals surface area contributed by atoms with Crippen molar-refractivity contribution in [1.29, 1.82) is 0 Å². The zero-order chi connectivity index (χ0) is 11.3. The largest absolute Gasteiger partial charge is 0.385 e. The summed E-state index contributed by atoms with van der Waals surface area (Å²) in [5, 5.41) is 3.23. The Morgan fingerprint density at radius 2 is 1.80 bits per heavy atom. The van der Waals surface area contributed by atoms with Gasteiger partial charge in [0.2, 0.25) is 0 Å². The number of hydrogen-bond acceptors (Lipinski definition) is 2. The molecule has 0 aliphatic carbocycles. The highest BCUT2D eigenvalue weighted by molar-refractivity contribution is 7.99. The second-order valence-electron chi connectivity index (χ2n) is 3.68. The van der Waals surface area contributed by atoms with Gasteiger partial charge < -0.3 is 5.32 Å². The van der Waals surface area contributed by atoms with E-state index in [0.717, 1.165) is 12.2 Å². The van der Waals surface area contributed by atoms with Crippen molar-refractivity contribution in [3.63, 3.8) is 0 Å². The van der Waals surface area contributed by atoms with E-state index in [0.29, 0.717) is 22.6 Å². The highest BCUT2D eigenvalue weighted by Crippen LogP contribution is 2.26. The van der Waals surface area contributed by atoms with Crippen LogP contribution in [-0.2, 0) is 0 Å². The van der Waals surface area contributed by atoms with Crippen LogP contribution >= 0.6 is 11.8 Å². The van der Waals surface area contributed by atoms with Gasteiger partial charge in [0.1, 0.15) is 0 Å². The lowest BCUT2D eigenvalue weighted by molar-refractivity contribution is 0.252. The molecule has 1 nitrogen and oxygen atoms in total. The van der Waals surface area contributed by atoms with Crippen molar-refractivity contribution in [1.82, 2.24) is 0 Å². The Labute approximate surface area is 93.3 Å². The Bertz CT molecular complexity index is 285. The molecule has 0 radical (unpaired) electrons. The van der Waals surface area contributed by atoms with E-state index in [1.807, 2.05) is 12.1 Å². The van der Waals surface area contributed by atoms with Crippen LogP contribution in [0.3, 0.4) is 0 Å². The van der Waals surface area contributed by atoms with Crippen LogP contribution in [0.4, 0.5) is 14.5 Å². The highest BCUT2D eigenvalue weighted by Gasteiger charge is 2.04. The number of thioether (sulfide) groups is 1. The van der Waals surface area contributed by atoms with Gasteiger partial charge in [-0.3, -0.25) is 0 Å². The maximum absolute atomic E-state index is 12.0. The molecular formula is C11H15F2NS. The number of anilines is 1. The standard InChI is InChI=1S/C11H15F2NS/c1-8(2)7-14-9-3-5-10(6-4-9)15-11(12)13/h3-6,8,11,14H,7H2,1-2H3. The maximum Gasteiger partial charge on any atom is 0.288 e. The number of benzene rings is 1. The monoisotopic (exact) mass is 231 g/mol. The van der Waals surface area contributed by atoms with Gasteiger partial charge in [0.25, 0.3) is 5.76 Å². The summed E-state index contributed by atoms with van der Waals surface area (Å²) in [6.45, 7) is 5.13. The summed E-state index contributed by atoms with van der Waals surface area (Å²) in [7, 11) is 0. The van der Waals surface area contributed by atoms with Gasteiger partial charge >= 0.3 is 0 Å². The van der Waals surface area contributed by atoms with Gasteiger partial charge in [-0.15, -0.1) is 0 Å². The summed E-state index contributed by atoms with van der Waals surface area (Å²) in [5.41, 5.74) is 0.974. The molecular weight excluding hydrogens is 216 g/mol. The topological polar surface area (TPSA) is 12.0 Å². The van der Waals surface area contributed by atoms with E-state index < -0.39 is 5.76 Å². The van der Waals surface area contributed by atoms with E-state index in [1.54, 1.807) is 12.1 Å². The van der Waals surface area contributed by atoms with Crippen LogP contribution in [-0.4, -0.2) is 12.3 Å². The van der Waals surface area contributed by atoms with Gasteiger partial charge in [-0.05, 0) is 30.2 Å². The quantitative estimate of drug-likeness (QED) is 0.767. The molecule has 0 aromatic heterocycles. The van der Waals surface area contributed by atoms with Crippen LogP contribution in [0.1, 0.15) is 13.8 Å². The van der Waals surface area contributed by atoms with Crippen molar-refractivity contribution >= 4 is 17.4 Å². The lowest BCUT2D eigenvalue weighted by atomic mass is 10.2. The summed E-state index contributed by atoms with van der Waals surface area (Å²) in [5.74, 6) is -1.78. The van der Waals surface area contributed by atoms with Gasteiger partial charge in [0.15, 0.2) is 0 Å². The lowest BCUT2D eigenvalue weighted by Gasteiger charge is -2.09. The second kappa shape index (κ2) is 5.95. The molecule has 1 aromatic carbocycles. The summed E-state index contributed by atoms with van der Waals surface area (Å²) in [6, 6.07) is 7.07. The predicted octanol–water partition coefficient (Wildman–Crippen LogP) is 4.07. The summed E-state index contributed by atoms with van der Waals surface area (Å²) in [6.07, 6.45) is 0. The van der Waals surface area contributed by atoms with Crippen molar-refractivity contribution < 1.29 is 8.78 Å². The number of hydrogen-bond donors (Lipinski definition) is 1. The third-order valence-electron chi connectivity index (χ3n) is 1.79. The molecule has 1 aromatic rings. The molecule has 84 valence electrons. The molecule has 0 aliphatic heterocycles. The minimum absolute atomic E-state index is 0.570. The van der Waals surface area contributed by atoms with E-state index in [4.69, 9.17) is 0 Å². The first-order chi connectivity index (χ1) is 7.08. The molecule has 0 heterocycles. The first kappa shape index (κ1) is 12.3. The van der Waals surface area contributed by atoms with Crippen LogP contribution in [0.5, 0.6) is 0 Å². The van der Waals surface area contributed by atoms with Gasteiger partial charge in [-0.25, -0.2) is 0 Å². The molecule has 0 saturated heterocycles. The number of rotatable bonds is 5. The van der Waals surface area contributed by atoms with Gasteiger partial charge in [-0.2, -0.15) is 8.78 Å². The third kappa shape index (κ3) is 5.02. The SMILES string of the molecule is CC(C)CNc1ccc(SC(F)F)cc1. The number of halogens is 2. The number of nitrogens with one attached hydrogen (secondary N) is 1. The molecule has 0 fully saturated rings. The minimum atomic E-state index is -2.35. The van der Waals surface area contributed by atoms with Gasteiger partial charge in [0.05, 0.1) is 0 Å². The maximum atomic E-state index is 12.0. The van der Waals surface area contributed by atoms with E-state index in [2.05, 4.69) is 19.2 Å². The molecule has 1 rings (SSSR count). The zero-order valence-corrected chi connectivity index (χ0v) is 9.65. The summed E-state index contributed by atoms with van der Waals surface area (Å²) >= 11 is 0.570. The molecule has 0 bridgehead atoms. The molecule has 0 aliphatic rings. The van der Waals surface area contributed by atoms with Gasteiger partial charge in [0, 0.05) is 17.1 Å². The summed E-state index contributed by atoms with van der Waals surface area (Å²) in [4.78, 5) is 0.597. The third-order valence-corrected chi connectivity index (χ3v) is 2.52. The van der Waals surface area contributed by atoms with Crippen LogP contribution in [0.2, 0.25) is 0 Å². The Kier molecular flexibility index (Phi) is 4.88. The van der Waals surface area contributed by atoms with Crippen LogP contribution < -0.4 is 5.32 Å². The van der Waals surface area contributed by atoms with E-state index in [9.17, 15) is 8.78 Å². The van der Waals surface area contributed by atoms with Crippen LogP contribution in [0.15, 0.2) is 29.2 Å². The number of alkyl halides is 2. The molecule has 0 atom stereocenters. The molecule has 1 N–H and O–H groups in total. The normalized spacial score (nSPS) is 11.1. The first-order valence-electron chi connectivity index (χ1n) is 4.86. The van der Waals surface area contributed by atoms with Crippen molar-refractivity contribution in [3.05, 3.63) is 24.3 Å². The van der Waals surface area contributed by atoms with Crippen molar-refractivity contribution in [2.24, 2.45) is 5.92 Å². The average Bonchev–Trinajstić information content (AvgIpc) is 2.16. The van der Waals surface area contributed by atoms with Crippen molar-refractivity contribution in [3.8, 4) is 0 Å².